The molecule has 0 bridgehead atoms. The van der Waals surface area contributed by atoms with E-state index in [1.807, 2.05) is 11.6 Å². The molecule has 1 fully saturated rings. The van der Waals surface area contributed by atoms with Gasteiger partial charge in [0, 0.05) is 11.7 Å². The van der Waals surface area contributed by atoms with Crippen LogP contribution in [0.5, 0.6) is 0 Å². The van der Waals surface area contributed by atoms with Crippen molar-refractivity contribution in [1.82, 2.24) is 20.4 Å². The standard InChI is InChI=1S/C14H24N4O/c1-10-12(9-16-18(10)14(2,3)4)13(19)17-11-5-7-15-8-6-11/h9,11,15H,5-8H2,1-4H3,(H,17,19). The highest BCUT2D eigenvalue weighted by molar-refractivity contribution is 5.95. The van der Waals surface area contributed by atoms with E-state index in [-0.39, 0.29) is 17.5 Å². The Hall–Kier alpha value is -1.36. The van der Waals surface area contributed by atoms with Crippen LogP contribution in [0.1, 0.15) is 49.7 Å². The summed E-state index contributed by atoms with van der Waals surface area (Å²) in [5, 5.41) is 10.7. The van der Waals surface area contributed by atoms with Gasteiger partial charge in [-0.2, -0.15) is 5.10 Å². The van der Waals surface area contributed by atoms with E-state index in [1.165, 1.54) is 0 Å². The molecule has 0 saturated carbocycles. The smallest absolute Gasteiger partial charge is 0.254 e. The van der Waals surface area contributed by atoms with Crippen LogP contribution in [0.15, 0.2) is 6.20 Å². The average molecular weight is 264 g/mol. The van der Waals surface area contributed by atoms with Crippen LogP contribution in [0.3, 0.4) is 0 Å². The Labute approximate surface area is 114 Å². The number of amides is 1. The molecule has 0 radical (unpaired) electrons. The van der Waals surface area contributed by atoms with Crippen molar-refractivity contribution >= 4 is 5.91 Å². The van der Waals surface area contributed by atoms with Gasteiger partial charge in [-0.3, -0.25) is 9.48 Å². The van der Waals surface area contributed by atoms with E-state index in [0.29, 0.717) is 5.56 Å². The van der Waals surface area contributed by atoms with Crippen LogP contribution in [-0.2, 0) is 5.54 Å². The highest BCUT2D eigenvalue weighted by Crippen LogP contribution is 2.18. The molecule has 5 nitrogen and oxygen atoms in total. The number of nitrogens with one attached hydrogen (secondary N) is 2. The van der Waals surface area contributed by atoms with Gasteiger partial charge in [-0.25, -0.2) is 0 Å². The predicted octanol–water partition coefficient (Wildman–Crippen LogP) is 1.43. The van der Waals surface area contributed by atoms with Gasteiger partial charge in [0.25, 0.3) is 5.91 Å². The fourth-order valence-corrected chi connectivity index (χ4v) is 2.54. The van der Waals surface area contributed by atoms with E-state index in [1.54, 1.807) is 6.20 Å². The van der Waals surface area contributed by atoms with Gasteiger partial charge >= 0.3 is 0 Å². The number of hydrogen-bond acceptors (Lipinski definition) is 3. The number of aromatic nitrogens is 2. The Kier molecular flexibility index (Phi) is 3.94. The van der Waals surface area contributed by atoms with E-state index in [0.717, 1.165) is 31.6 Å². The molecule has 1 amide bonds. The van der Waals surface area contributed by atoms with Crippen molar-refractivity contribution in [3.63, 3.8) is 0 Å². The van der Waals surface area contributed by atoms with Crippen LogP contribution >= 0.6 is 0 Å². The first-order chi connectivity index (χ1) is 8.89. The molecule has 1 aromatic heterocycles. The molecule has 0 unspecified atom stereocenters. The Morgan fingerprint density at radius 2 is 2.05 bits per heavy atom. The highest BCUT2D eigenvalue weighted by Gasteiger charge is 2.23. The van der Waals surface area contributed by atoms with Crippen molar-refractivity contribution < 1.29 is 4.79 Å². The minimum atomic E-state index is -0.0998. The summed E-state index contributed by atoms with van der Waals surface area (Å²) in [5.74, 6) is -0.0000926. The number of carbonyl (C=O) groups excluding carboxylic acids is 1. The van der Waals surface area contributed by atoms with E-state index >= 15 is 0 Å². The lowest BCUT2D eigenvalue weighted by Gasteiger charge is -2.24. The molecular weight excluding hydrogens is 240 g/mol. The first-order valence-corrected chi connectivity index (χ1v) is 6.96. The molecule has 2 N–H and O–H groups in total. The van der Waals surface area contributed by atoms with Gasteiger partial charge in [0.05, 0.1) is 17.3 Å². The third-order valence-electron chi connectivity index (χ3n) is 3.56. The zero-order chi connectivity index (χ0) is 14.0. The van der Waals surface area contributed by atoms with Crippen molar-refractivity contribution in [2.75, 3.05) is 13.1 Å². The maximum atomic E-state index is 12.3. The molecular formula is C14H24N4O. The highest BCUT2D eigenvalue weighted by atomic mass is 16.1. The maximum Gasteiger partial charge on any atom is 0.254 e. The number of rotatable bonds is 2. The summed E-state index contributed by atoms with van der Waals surface area (Å²) in [7, 11) is 0. The van der Waals surface area contributed by atoms with Gasteiger partial charge in [-0.05, 0) is 53.6 Å². The maximum absolute atomic E-state index is 12.3. The molecule has 19 heavy (non-hydrogen) atoms. The van der Waals surface area contributed by atoms with E-state index < -0.39 is 0 Å². The quantitative estimate of drug-likeness (QED) is 0.849. The van der Waals surface area contributed by atoms with Crippen molar-refractivity contribution in [1.29, 1.82) is 0 Å². The van der Waals surface area contributed by atoms with Crippen LogP contribution in [0.2, 0.25) is 0 Å². The molecule has 1 aromatic rings. The minimum Gasteiger partial charge on any atom is -0.349 e. The van der Waals surface area contributed by atoms with Gasteiger partial charge in [0.1, 0.15) is 0 Å². The third-order valence-corrected chi connectivity index (χ3v) is 3.56. The van der Waals surface area contributed by atoms with Crippen LogP contribution in [0, 0.1) is 6.92 Å². The number of nitrogens with zero attached hydrogens (tertiary/aromatic N) is 2. The SMILES string of the molecule is Cc1c(C(=O)NC2CCNCC2)cnn1C(C)(C)C. The fraction of sp³-hybridized carbons (Fsp3) is 0.714. The molecule has 106 valence electrons. The van der Waals surface area contributed by atoms with Crippen LogP contribution in [0.4, 0.5) is 0 Å². The molecule has 1 aliphatic heterocycles. The molecule has 1 saturated heterocycles. The molecule has 2 heterocycles. The summed E-state index contributed by atoms with van der Waals surface area (Å²) in [6.07, 6.45) is 3.67. The first-order valence-electron chi connectivity index (χ1n) is 6.96. The predicted molar refractivity (Wildman–Crippen MR) is 75.3 cm³/mol. The molecule has 5 heteroatoms. The van der Waals surface area contributed by atoms with Gasteiger partial charge in [-0.1, -0.05) is 0 Å². The summed E-state index contributed by atoms with van der Waals surface area (Å²) in [6.45, 7) is 10.2. The topological polar surface area (TPSA) is 59.0 Å². The fourth-order valence-electron chi connectivity index (χ4n) is 2.54. The summed E-state index contributed by atoms with van der Waals surface area (Å²) in [5.41, 5.74) is 1.52. The Morgan fingerprint density at radius 1 is 1.42 bits per heavy atom. The third kappa shape index (κ3) is 3.15. The molecule has 0 atom stereocenters. The van der Waals surface area contributed by atoms with Crippen LogP contribution < -0.4 is 10.6 Å². The zero-order valence-electron chi connectivity index (χ0n) is 12.3. The number of hydrogen-bond donors (Lipinski definition) is 2. The van der Waals surface area contributed by atoms with Crippen molar-refractivity contribution in [3.05, 3.63) is 17.5 Å². The average Bonchev–Trinajstić information content (AvgIpc) is 2.72. The summed E-state index contributed by atoms with van der Waals surface area (Å²) < 4.78 is 1.91. The Morgan fingerprint density at radius 3 is 2.58 bits per heavy atom. The minimum absolute atomic E-state index is 0.0000926. The molecule has 0 spiro atoms. The molecule has 1 aliphatic rings. The second-order valence-corrected chi connectivity index (χ2v) is 6.22. The summed E-state index contributed by atoms with van der Waals surface area (Å²) >= 11 is 0. The Bertz CT molecular complexity index is 453. The first kappa shape index (κ1) is 14.1. The molecule has 0 aromatic carbocycles. The lowest BCUT2D eigenvalue weighted by molar-refractivity contribution is 0.0928. The second-order valence-electron chi connectivity index (χ2n) is 6.22. The lowest BCUT2D eigenvalue weighted by atomic mass is 10.1. The second kappa shape index (κ2) is 5.33. The molecule has 0 aliphatic carbocycles. The summed E-state index contributed by atoms with van der Waals surface area (Å²) in [4.78, 5) is 12.3. The van der Waals surface area contributed by atoms with Gasteiger partial charge in [0.2, 0.25) is 0 Å². The van der Waals surface area contributed by atoms with E-state index in [2.05, 4.69) is 36.5 Å². The van der Waals surface area contributed by atoms with E-state index in [9.17, 15) is 4.79 Å². The monoisotopic (exact) mass is 264 g/mol. The van der Waals surface area contributed by atoms with Gasteiger partial charge in [0.15, 0.2) is 0 Å². The number of carbonyl (C=O) groups is 1. The van der Waals surface area contributed by atoms with E-state index in [4.69, 9.17) is 0 Å². The van der Waals surface area contributed by atoms with Gasteiger partial charge in [-0.15, -0.1) is 0 Å². The molecule has 2 rings (SSSR count). The van der Waals surface area contributed by atoms with Crippen molar-refractivity contribution in [3.8, 4) is 0 Å². The van der Waals surface area contributed by atoms with Crippen LogP contribution in [0.25, 0.3) is 0 Å². The lowest BCUT2D eigenvalue weighted by Crippen LogP contribution is -2.42. The largest absolute Gasteiger partial charge is 0.349 e. The summed E-state index contributed by atoms with van der Waals surface area (Å²) in [6, 6.07) is 0.283. The number of piperidine rings is 1. The normalized spacial score (nSPS) is 17.5. The van der Waals surface area contributed by atoms with Crippen LogP contribution in [-0.4, -0.2) is 34.8 Å². The Balaban J connectivity index is 2.09. The van der Waals surface area contributed by atoms with Gasteiger partial charge < -0.3 is 10.6 Å². The van der Waals surface area contributed by atoms with Crippen molar-refractivity contribution in [2.45, 2.75) is 52.1 Å². The zero-order valence-corrected chi connectivity index (χ0v) is 12.3. The van der Waals surface area contributed by atoms with Crippen molar-refractivity contribution in [2.24, 2.45) is 0 Å².